The van der Waals surface area contributed by atoms with Crippen LogP contribution >= 0.6 is 11.3 Å². The normalized spacial score (nSPS) is 10.3. The van der Waals surface area contributed by atoms with Crippen molar-refractivity contribution < 1.29 is 9.47 Å². The molecule has 0 aliphatic heterocycles. The first-order valence-corrected chi connectivity index (χ1v) is 6.65. The van der Waals surface area contributed by atoms with Crippen molar-refractivity contribution in [2.75, 3.05) is 14.2 Å². The lowest BCUT2D eigenvalue weighted by atomic mass is 10.2. The summed E-state index contributed by atoms with van der Waals surface area (Å²) >= 11 is 1.76. The molecule has 4 heteroatoms. The van der Waals surface area contributed by atoms with Crippen molar-refractivity contribution in [3.8, 4) is 11.5 Å². The first-order valence-electron chi connectivity index (χ1n) is 5.77. The van der Waals surface area contributed by atoms with Crippen molar-refractivity contribution in [1.82, 2.24) is 5.32 Å². The van der Waals surface area contributed by atoms with E-state index < -0.39 is 0 Å². The van der Waals surface area contributed by atoms with Crippen LogP contribution in [0.1, 0.15) is 10.4 Å². The first-order chi connectivity index (χ1) is 8.81. The highest BCUT2D eigenvalue weighted by molar-refractivity contribution is 7.09. The molecule has 1 N–H and O–H groups in total. The van der Waals surface area contributed by atoms with Gasteiger partial charge in [0.05, 0.1) is 14.2 Å². The highest BCUT2D eigenvalue weighted by Gasteiger charge is 2.02. The topological polar surface area (TPSA) is 30.5 Å². The van der Waals surface area contributed by atoms with Crippen LogP contribution in [0, 0.1) is 0 Å². The van der Waals surface area contributed by atoms with Crippen LogP contribution in [0.3, 0.4) is 0 Å². The van der Waals surface area contributed by atoms with Crippen molar-refractivity contribution in [3.63, 3.8) is 0 Å². The molecule has 0 saturated carbocycles. The summed E-state index contributed by atoms with van der Waals surface area (Å²) in [5.74, 6) is 1.64. The van der Waals surface area contributed by atoms with E-state index in [0.29, 0.717) is 0 Å². The summed E-state index contributed by atoms with van der Waals surface area (Å²) in [6.45, 7) is 1.68. The predicted molar refractivity (Wildman–Crippen MR) is 74.4 cm³/mol. The maximum Gasteiger partial charge on any atom is 0.122 e. The quantitative estimate of drug-likeness (QED) is 0.869. The molecule has 96 valence electrons. The largest absolute Gasteiger partial charge is 0.497 e. The molecular weight excluding hydrogens is 246 g/mol. The first kappa shape index (κ1) is 12.9. The average molecular weight is 263 g/mol. The number of nitrogens with one attached hydrogen (secondary N) is 1. The third kappa shape index (κ3) is 3.48. The van der Waals surface area contributed by atoms with Crippen molar-refractivity contribution in [3.05, 3.63) is 46.2 Å². The number of ether oxygens (including phenoxy) is 2. The maximum absolute atomic E-state index is 5.24. The zero-order valence-corrected chi connectivity index (χ0v) is 11.4. The van der Waals surface area contributed by atoms with Crippen LogP contribution in [0.4, 0.5) is 0 Å². The molecule has 0 aliphatic rings. The van der Waals surface area contributed by atoms with Gasteiger partial charge in [0, 0.05) is 24.0 Å². The number of thiophene rings is 1. The summed E-state index contributed by atoms with van der Waals surface area (Å²) in [6, 6.07) is 10.1. The predicted octanol–water partition coefficient (Wildman–Crippen LogP) is 3.06. The molecule has 0 radical (unpaired) electrons. The van der Waals surface area contributed by atoms with Gasteiger partial charge in [-0.2, -0.15) is 0 Å². The highest BCUT2D eigenvalue weighted by Crippen LogP contribution is 2.22. The summed E-state index contributed by atoms with van der Waals surface area (Å²) in [5.41, 5.74) is 1.16. The molecule has 0 atom stereocenters. The SMILES string of the molecule is COc1cc(CNCc2cccs2)cc(OC)c1. The molecule has 0 aliphatic carbocycles. The highest BCUT2D eigenvalue weighted by atomic mass is 32.1. The van der Waals surface area contributed by atoms with Crippen molar-refractivity contribution in [2.24, 2.45) is 0 Å². The van der Waals surface area contributed by atoms with Crippen LogP contribution in [0.5, 0.6) is 11.5 Å². The molecule has 2 rings (SSSR count). The monoisotopic (exact) mass is 263 g/mol. The Morgan fingerprint density at radius 2 is 1.78 bits per heavy atom. The van der Waals surface area contributed by atoms with Crippen LogP contribution in [-0.4, -0.2) is 14.2 Å². The van der Waals surface area contributed by atoms with E-state index in [1.54, 1.807) is 25.6 Å². The van der Waals surface area contributed by atoms with Crippen molar-refractivity contribution >= 4 is 11.3 Å². The number of hydrogen-bond donors (Lipinski definition) is 1. The Morgan fingerprint density at radius 1 is 1.06 bits per heavy atom. The van der Waals surface area contributed by atoms with Gasteiger partial charge in [-0.3, -0.25) is 0 Å². The summed E-state index contributed by atoms with van der Waals surface area (Å²) in [4.78, 5) is 1.34. The van der Waals surface area contributed by atoms with Gasteiger partial charge in [0.2, 0.25) is 0 Å². The molecule has 1 aromatic carbocycles. The van der Waals surface area contributed by atoms with Gasteiger partial charge in [-0.15, -0.1) is 11.3 Å². The van der Waals surface area contributed by atoms with Crippen molar-refractivity contribution in [2.45, 2.75) is 13.1 Å². The van der Waals surface area contributed by atoms with Crippen LogP contribution < -0.4 is 14.8 Å². The van der Waals surface area contributed by atoms with Crippen LogP contribution in [0.25, 0.3) is 0 Å². The molecular formula is C14H17NO2S. The van der Waals surface area contributed by atoms with E-state index in [1.807, 2.05) is 18.2 Å². The minimum atomic E-state index is 0.797. The van der Waals surface area contributed by atoms with Crippen LogP contribution in [0.2, 0.25) is 0 Å². The molecule has 1 heterocycles. The molecule has 18 heavy (non-hydrogen) atoms. The Bertz CT molecular complexity index is 460. The van der Waals surface area contributed by atoms with E-state index in [4.69, 9.17) is 9.47 Å². The van der Waals surface area contributed by atoms with Gasteiger partial charge >= 0.3 is 0 Å². The molecule has 0 spiro atoms. The summed E-state index contributed by atoms with van der Waals surface area (Å²) in [6.07, 6.45) is 0. The lowest BCUT2D eigenvalue weighted by molar-refractivity contribution is 0.393. The Kier molecular flexibility index (Phi) is 4.61. The lowest BCUT2D eigenvalue weighted by Crippen LogP contribution is -2.11. The number of methoxy groups -OCH3 is 2. The van der Waals surface area contributed by atoms with E-state index in [-0.39, 0.29) is 0 Å². The molecule has 0 amide bonds. The molecule has 2 aromatic rings. The van der Waals surface area contributed by atoms with Gasteiger partial charge < -0.3 is 14.8 Å². The Hall–Kier alpha value is -1.52. The zero-order valence-electron chi connectivity index (χ0n) is 10.6. The van der Waals surface area contributed by atoms with Gasteiger partial charge in [-0.25, -0.2) is 0 Å². The molecule has 3 nitrogen and oxygen atoms in total. The second-order valence-electron chi connectivity index (χ2n) is 3.90. The zero-order chi connectivity index (χ0) is 12.8. The van der Waals surface area contributed by atoms with E-state index in [9.17, 15) is 0 Å². The van der Waals surface area contributed by atoms with Gasteiger partial charge in [0.1, 0.15) is 11.5 Å². The fourth-order valence-electron chi connectivity index (χ4n) is 1.71. The summed E-state index contributed by atoms with van der Waals surface area (Å²) < 4.78 is 10.5. The number of benzene rings is 1. The fraction of sp³-hybridized carbons (Fsp3) is 0.286. The van der Waals surface area contributed by atoms with Gasteiger partial charge in [0.15, 0.2) is 0 Å². The lowest BCUT2D eigenvalue weighted by Gasteiger charge is -2.09. The molecule has 0 bridgehead atoms. The second-order valence-corrected chi connectivity index (χ2v) is 4.94. The molecule has 1 aromatic heterocycles. The van der Waals surface area contributed by atoms with E-state index >= 15 is 0 Å². The Morgan fingerprint density at radius 3 is 2.33 bits per heavy atom. The van der Waals surface area contributed by atoms with Gasteiger partial charge in [-0.1, -0.05) is 6.07 Å². The minimum absolute atomic E-state index is 0.797. The number of rotatable bonds is 6. The second kappa shape index (κ2) is 6.42. The fourth-order valence-corrected chi connectivity index (χ4v) is 2.39. The molecule has 0 saturated heterocycles. The van der Waals surface area contributed by atoms with Crippen molar-refractivity contribution in [1.29, 1.82) is 0 Å². The Balaban J connectivity index is 1.95. The maximum atomic E-state index is 5.24. The number of hydrogen-bond acceptors (Lipinski definition) is 4. The van der Waals surface area contributed by atoms with Crippen LogP contribution in [0.15, 0.2) is 35.7 Å². The standard InChI is InChI=1S/C14H17NO2S/c1-16-12-6-11(7-13(8-12)17-2)9-15-10-14-4-3-5-18-14/h3-8,15H,9-10H2,1-2H3. The molecule has 0 unspecified atom stereocenters. The van der Waals surface area contributed by atoms with E-state index in [1.165, 1.54) is 4.88 Å². The van der Waals surface area contributed by atoms with Gasteiger partial charge in [-0.05, 0) is 29.1 Å². The molecule has 0 fully saturated rings. The third-order valence-electron chi connectivity index (χ3n) is 2.62. The third-order valence-corrected chi connectivity index (χ3v) is 3.50. The average Bonchev–Trinajstić information content (AvgIpc) is 2.91. The summed E-state index contributed by atoms with van der Waals surface area (Å²) in [5, 5.41) is 5.49. The van der Waals surface area contributed by atoms with E-state index in [0.717, 1.165) is 30.2 Å². The summed E-state index contributed by atoms with van der Waals surface area (Å²) in [7, 11) is 3.33. The minimum Gasteiger partial charge on any atom is -0.497 e. The van der Waals surface area contributed by atoms with Crippen LogP contribution in [-0.2, 0) is 13.1 Å². The van der Waals surface area contributed by atoms with E-state index in [2.05, 4.69) is 22.8 Å². The van der Waals surface area contributed by atoms with Gasteiger partial charge in [0.25, 0.3) is 0 Å². The smallest absolute Gasteiger partial charge is 0.122 e. The Labute approximate surface area is 111 Å².